The normalized spacial score (nSPS) is 12.2. The van der Waals surface area contributed by atoms with Crippen LogP contribution in [0.3, 0.4) is 0 Å². The van der Waals surface area contributed by atoms with E-state index in [1.165, 1.54) is 24.3 Å². The number of halogens is 2. The first-order valence-electron chi connectivity index (χ1n) is 4.41. The third-order valence-corrected chi connectivity index (χ3v) is 1.73. The molecule has 0 aliphatic carbocycles. The Hall–Kier alpha value is -1.49. The number of carbonyl (C=O) groups excluding carboxylic acids is 1. The summed E-state index contributed by atoms with van der Waals surface area (Å²) in [6.45, 7) is -0.961. The van der Waals surface area contributed by atoms with Crippen LogP contribution in [0.1, 0.15) is 6.42 Å². The third-order valence-electron chi connectivity index (χ3n) is 1.73. The fourth-order valence-corrected chi connectivity index (χ4v) is 1.01. The average Bonchev–Trinajstić information content (AvgIpc) is 2.21. The van der Waals surface area contributed by atoms with Gasteiger partial charge in [-0.25, -0.2) is 8.78 Å². The van der Waals surface area contributed by atoms with Crippen LogP contribution in [-0.2, 0) is 4.79 Å². The smallest absolute Gasteiger partial charge is 0.227 e. The predicted octanol–water partition coefficient (Wildman–Crippen LogP) is 1.48. The highest BCUT2D eigenvalue weighted by Crippen LogP contribution is 2.08. The predicted molar refractivity (Wildman–Crippen MR) is 51.6 cm³/mol. The van der Waals surface area contributed by atoms with Crippen molar-refractivity contribution < 1.29 is 18.7 Å². The minimum atomic E-state index is -1.29. The number of nitrogens with one attached hydrogen (secondary N) is 1. The van der Waals surface area contributed by atoms with Gasteiger partial charge in [0.1, 0.15) is 12.5 Å². The van der Waals surface area contributed by atoms with Crippen molar-refractivity contribution in [3.8, 4) is 0 Å². The third kappa shape index (κ3) is 4.03. The summed E-state index contributed by atoms with van der Waals surface area (Å²) in [5.41, 5.74) is 0.410. The minimum absolute atomic E-state index is 0.312. The highest BCUT2D eigenvalue weighted by molar-refractivity contribution is 5.90. The molecule has 1 amide bonds. The van der Waals surface area contributed by atoms with Crippen molar-refractivity contribution in [3.63, 3.8) is 0 Å². The first kappa shape index (κ1) is 11.6. The van der Waals surface area contributed by atoms with Crippen molar-refractivity contribution >= 4 is 11.6 Å². The van der Waals surface area contributed by atoms with E-state index in [4.69, 9.17) is 5.11 Å². The summed E-state index contributed by atoms with van der Waals surface area (Å²) in [5, 5.41) is 11.3. The molecule has 1 atom stereocenters. The second kappa shape index (κ2) is 5.41. The van der Waals surface area contributed by atoms with Crippen LogP contribution in [0.2, 0.25) is 0 Å². The van der Waals surface area contributed by atoms with E-state index < -0.39 is 24.5 Å². The van der Waals surface area contributed by atoms with Gasteiger partial charge < -0.3 is 10.4 Å². The molecule has 82 valence electrons. The summed E-state index contributed by atoms with van der Waals surface area (Å²) >= 11 is 0. The summed E-state index contributed by atoms with van der Waals surface area (Å²) in [6, 6.07) is 5.16. The molecule has 0 radical (unpaired) electrons. The Bertz CT molecular complexity index is 327. The molecule has 0 bridgehead atoms. The van der Waals surface area contributed by atoms with Crippen LogP contribution in [0, 0.1) is 5.82 Å². The molecular formula is C10H11F2NO2. The lowest BCUT2D eigenvalue weighted by Gasteiger charge is -2.07. The summed E-state index contributed by atoms with van der Waals surface area (Å²) in [7, 11) is 0. The molecule has 0 aromatic heterocycles. The first-order chi connectivity index (χ1) is 7.11. The maximum atomic E-state index is 12.5. The van der Waals surface area contributed by atoms with Gasteiger partial charge in [-0.3, -0.25) is 4.79 Å². The Morgan fingerprint density at radius 2 is 2.00 bits per heavy atom. The molecule has 15 heavy (non-hydrogen) atoms. The second-order valence-electron chi connectivity index (χ2n) is 3.07. The van der Waals surface area contributed by atoms with Crippen LogP contribution in [-0.4, -0.2) is 23.8 Å². The van der Waals surface area contributed by atoms with Crippen molar-refractivity contribution in [2.24, 2.45) is 0 Å². The summed E-state index contributed by atoms with van der Waals surface area (Å²) in [4.78, 5) is 11.1. The van der Waals surface area contributed by atoms with Crippen LogP contribution in [0.25, 0.3) is 0 Å². The van der Waals surface area contributed by atoms with Gasteiger partial charge in [-0.05, 0) is 24.3 Å². The maximum Gasteiger partial charge on any atom is 0.227 e. The molecule has 1 aromatic carbocycles. The van der Waals surface area contributed by atoms with Crippen LogP contribution in [0.5, 0.6) is 0 Å². The van der Waals surface area contributed by atoms with Gasteiger partial charge in [-0.2, -0.15) is 0 Å². The molecular weight excluding hydrogens is 204 g/mol. The number of benzene rings is 1. The van der Waals surface area contributed by atoms with Crippen LogP contribution in [0.15, 0.2) is 24.3 Å². The standard InChI is InChI=1S/C10H11F2NO2/c11-6-9(14)5-10(15)13-8-3-1-7(12)2-4-8/h1-4,9,14H,5-6H2,(H,13,15). The lowest BCUT2D eigenvalue weighted by molar-refractivity contribution is -0.118. The van der Waals surface area contributed by atoms with E-state index in [1.54, 1.807) is 0 Å². The SMILES string of the molecule is O=C(CC(O)CF)Nc1ccc(F)cc1. The number of hydrogen-bond acceptors (Lipinski definition) is 2. The molecule has 0 spiro atoms. The van der Waals surface area contributed by atoms with E-state index in [9.17, 15) is 13.6 Å². The number of rotatable bonds is 4. The molecule has 0 heterocycles. The Balaban J connectivity index is 2.48. The van der Waals surface area contributed by atoms with E-state index in [0.717, 1.165) is 0 Å². The largest absolute Gasteiger partial charge is 0.390 e. The van der Waals surface area contributed by atoms with Crippen molar-refractivity contribution in [3.05, 3.63) is 30.1 Å². The van der Waals surface area contributed by atoms with E-state index in [0.29, 0.717) is 5.69 Å². The molecule has 5 heteroatoms. The van der Waals surface area contributed by atoms with Crippen molar-refractivity contribution in [1.82, 2.24) is 0 Å². The topological polar surface area (TPSA) is 49.3 Å². The number of anilines is 1. The Morgan fingerprint density at radius 1 is 1.40 bits per heavy atom. The van der Waals surface area contributed by atoms with Crippen molar-refractivity contribution in [2.75, 3.05) is 12.0 Å². The number of aliphatic hydroxyl groups excluding tert-OH is 1. The Labute approximate surface area is 85.7 Å². The quantitative estimate of drug-likeness (QED) is 0.799. The number of alkyl halides is 1. The molecule has 0 saturated carbocycles. The summed E-state index contributed by atoms with van der Waals surface area (Å²) in [6.07, 6.45) is -1.60. The molecule has 1 rings (SSSR count). The second-order valence-corrected chi connectivity index (χ2v) is 3.07. The number of carbonyl (C=O) groups is 1. The zero-order valence-electron chi connectivity index (χ0n) is 7.91. The van der Waals surface area contributed by atoms with Gasteiger partial charge in [0.25, 0.3) is 0 Å². The zero-order chi connectivity index (χ0) is 11.3. The van der Waals surface area contributed by atoms with Gasteiger partial charge in [0.2, 0.25) is 5.91 Å². The lowest BCUT2D eigenvalue weighted by Crippen LogP contribution is -2.20. The van der Waals surface area contributed by atoms with Gasteiger partial charge in [-0.15, -0.1) is 0 Å². The fourth-order valence-electron chi connectivity index (χ4n) is 1.01. The number of amides is 1. The molecule has 0 fully saturated rings. The van der Waals surface area contributed by atoms with Gasteiger partial charge in [0.05, 0.1) is 12.5 Å². The Morgan fingerprint density at radius 3 is 2.53 bits per heavy atom. The number of hydrogen-bond donors (Lipinski definition) is 2. The Kier molecular flexibility index (Phi) is 4.17. The minimum Gasteiger partial charge on any atom is -0.390 e. The lowest BCUT2D eigenvalue weighted by atomic mass is 10.2. The van der Waals surface area contributed by atoms with E-state index >= 15 is 0 Å². The van der Waals surface area contributed by atoms with E-state index in [-0.39, 0.29) is 6.42 Å². The molecule has 0 aliphatic heterocycles. The number of aliphatic hydroxyl groups is 1. The van der Waals surface area contributed by atoms with Crippen molar-refractivity contribution in [1.29, 1.82) is 0 Å². The summed E-state index contributed by atoms with van der Waals surface area (Å²) < 4.78 is 24.3. The molecule has 2 N–H and O–H groups in total. The molecule has 1 unspecified atom stereocenters. The van der Waals surface area contributed by atoms with Crippen LogP contribution < -0.4 is 5.32 Å². The van der Waals surface area contributed by atoms with E-state index in [1.807, 2.05) is 0 Å². The van der Waals surface area contributed by atoms with Gasteiger partial charge in [-0.1, -0.05) is 0 Å². The van der Waals surface area contributed by atoms with Gasteiger partial charge >= 0.3 is 0 Å². The summed E-state index contributed by atoms with van der Waals surface area (Å²) in [5.74, 6) is -0.913. The van der Waals surface area contributed by atoms with Crippen molar-refractivity contribution in [2.45, 2.75) is 12.5 Å². The average molecular weight is 215 g/mol. The molecule has 3 nitrogen and oxygen atoms in total. The monoisotopic (exact) mass is 215 g/mol. The zero-order valence-corrected chi connectivity index (χ0v) is 7.91. The van der Waals surface area contributed by atoms with Gasteiger partial charge in [0.15, 0.2) is 0 Å². The van der Waals surface area contributed by atoms with Crippen LogP contribution >= 0.6 is 0 Å². The van der Waals surface area contributed by atoms with Crippen LogP contribution in [0.4, 0.5) is 14.5 Å². The molecule has 0 aliphatic rings. The highest BCUT2D eigenvalue weighted by atomic mass is 19.1. The molecule has 0 saturated heterocycles. The van der Waals surface area contributed by atoms with E-state index in [2.05, 4.69) is 5.32 Å². The fraction of sp³-hybridized carbons (Fsp3) is 0.300. The molecule has 1 aromatic rings. The first-order valence-corrected chi connectivity index (χ1v) is 4.41. The highest BCUT2D eigenvalue weighted by Gasteiger charge is 2.10. The maximum absolute atomic E-state index is 12.5. The van der Waals surface area contributed by atoms with Gasteiger partial charge in [0, 0.05) is 5.69 Å².